The largest absolute Gasteiger partial charge is 0.497 e. The fourth-order valence-electron chi connectivity index (χ4n) is 3.05. The van der Waals surface area contributed by atoms with Gasteiger partial charge in [0.2, 0.25) is 17.1 Å². The molecule has 0 aliphatic carbocycles. The highest BCUT2D eigenvalue weighted by molar-refractivity contribution is 6.04. The van der Waals surface area contributed by atoms with Gasteiger partial charge in [0.25, 0.3) is 0 Å². The van der Waals surface area contributed by atoms with Crippen molar-refractivity contribution >= 4 is 16.7 Å². The van der Waals surface area contributed by atoms with Crippen LogP contribution in [0.15, 0.2) is 53.3 Å². The molecule has 4 rings (SSSR count). The van der Waals surface area contributed by atoms with E-state index >= 15 is 0 Å². The van der Waals surface area contributed by atoms with Gasteiger partial charge in [-0.05, 0) is 17.7 Å². The third-order valence-electron chi connectivity index (χ3n) is 4.23. The Morgan fingerprint density at radius 1 is 1.12 bits per heavy atom. The summed E-state index contributed by atoms with van der Waals surface area (Å²) >= 11 is 0. The molecule has 2 aromatic carbocycles. The average molecular weight is 321 g/mol. The van der Waals surface area contributed by atoms with Crippen molar-refractivity contribution in [1.82, 2.24) is 4.57 Å². The van der Waals surface area contributed by atoms with Crippen LogP contribution in [0.5, 0.6) is 11.6 Å². The number of hydrogen-bond donors (Lipinski definition) is 0. The number of pyridine rings is 1. The Bertz CT molecular complexity index is 1010. The summed E-state index contributed by atoms with van der Waals surface area (Å²) < 4.78 is 12.7. The molecule has 0 amide bonds. The van der Waals surface area contributed by atoms with Crippen molar-refractivity contribution in [3.05, 3.63) is 69.9 Å². The van der Waals surface area contributed by atoms with Gasteiger partial charge in [0.05, 0.1) is 19.2 Å². The number of nitrogens with zero attached hydrogens (tertiary/aromatic N) is 1. The van der Waals surface area contributed by atoms with Crippen molar-refractivity contribution in [2.24, 2.45) is 0 Å². The van der Waals surface area contributed by atoms with Crippen molar-refractivity contribution in [2.75, 3.05) is 13.7 Å². The van der Waals surface area contributed by atoms with E-state index in [1.165, 1.54) is 0 Å². The molecule has 5 nitrogen and oxygen atoms in total. The smallest absolute Gasteiger partial charge is 0.210 e. The molecule has 1 aliphatic rings. The third-order valence-corrected chi connectivity index (χ3v) is 4.23. The number of benzene rings is 2. The number of aromatic nitrogens is 1. The van der Waals surface area contributed by atoms with Gasteiger partial charge in [-0.15, -0.1) is 0 Å². The molecule has 0 bridgehead atoms. The minimum Gasteiger partial charge on any atom is -0.497 e. The summed E-state index contributed by atoms with van der Waals surface area (Å²) in [7, 11) is 1.58. The highest BCUT2D eigenvalue weighted by atomic mass is 16.5. The maximum Gasteiger partial charge on any atom is 0.210 e. The number of ether oxygens (including phenoxy) is 2. The lowest BCUT2D eigenvalue weighted by atomic mass is 10.1. The van der Waals surface area contributed by atoms with E-state index in [0.29, 0.717) is 29.1 Å². The highest BCUT2D eigenvalue weighted by Gasteiger charge is 2.29. The predicted octanol–water partition coefficient (Wildman–Crippen LogP) is 2.63. The van der Waals surface area contributed by atoms with Crippen LogP contribution in [0.25, 0.3) is 10.9 Å². The molecule has 0 unspecified atom stereocenters. The molecule has 0 radical (unpaired) electrons. The minimum atomic E-state index is -0.283. The van der Waals surface area contributed by atoms with E-state index in [9.17, 15) is 9.59 Å². The molecule has 0 N–H and O–H groups in total. The molecule has 0 atom stereocenters. The fourth-order valence-corrected chi connectivity index (χ4v) is 3.05. The molecular weight excluding hydrogens is 306 g/mol. The lowest BCUT2D eigenvalue weighted by molar-refractivity contribution is 0.0959. The number of carbonyl (C=O) groups is 1. The zero-order valence-corrected chi connectivity index (χ0v) is 13.1. The quantitative estimate of drug-likeness (QED) is 0.744. The van der Waals surface area contributed by atoms with Gasteiger partial charge in [-0.2, -0.15) is 0 Å². The van der Waals surface area contributed by atoms with Crippen molar-refractivity contribution in [1.29, 1.82) is 0 Å². The van der Waals surface area contributed by atoms with Crippen LogP contribution in [0.4, 0.5) is 0 Å². The highest BCUT2D eigenvalue weighted by Crippen LogP contribution is 2.30. The van der Waals surface area contributed by atoms with E-state index in [4.69, 9.17) is 9.47 Å². The average Bonchev–Trinajstić information content (AvgIpc) is 3.01. The second kappa shape index (κ2) is 5.53. The number of carbonyl (C=O) groups excluding carboxylic acids is 1. The molecule has 0 saturated carbocycles. The van der Waals surface area contributed by atoms with Gasteiger partial charge in [0.15, 0.2) is 6.61 Å². The fraction of sp³-hybridized carbons (Fsp3) is 0.158. The van der Waals surface area contributed by atoms with Gasteiger partial charge in [-0.3, -0.25) is 9.59 Å². The molecule has 0 spiro atoms. The Labute approximate surface area is 138 Å². The SMILES string of the molecule is COc1ccc2c(=O)c3c(n(Cc4ccccc4)c2c1)OCC3=O. The predicted molar refractivity (Wildman–Crippen MR) is 90.1 cm³/mol. The number of fused-ring (bicyclic) bond motifs is 2. The topological polar surface area (TPSA) is 57.5 Å². The van der Waals surface area contributed by atoms with Crippen LogP contribution in [-0.4, -0.2) is 24.1 Å². The monoisotopic (exact) mass is 321 g/mol. The lowest BCUT2D eigenvalue weighted by Crippen LogP contribution is -2.17. The first kappa shape index (κ1) is 14.5. The zero-order valence-electron chi connectivity index (χ0n) is 13.1. The second-order valence-electron chi connectivity index (χ2n) is 5.68. The Kier molecular flexibility index (Phi) is 3.34. The normalized spacial score (nSPS) is 13.0. The van der Waals surface area contributed by atoms with Crippen LogP contribution in [0.1, 0.15) is 15.9 Å². The molecule has 2 heterocycles. The first-order valence-corrected chi connectivity index (χ1v) is 7.63. The van der Waals surface area contributed by atoms with E-state index < -0.39 is 0 Å². The Morgan fingerprint density at radius 3 is 2.67 bits per heavy atom. The first-order valence-electron chi connectivity index (χ1n) is 7.63. The van der Waals surface area contributed by atoms with Crippen molar-refractivity contribution in [3.8, 4) is 11.6 Å². The molecule has 24 heavy (non-hydrogen) atoms. The molecule has 1 aromatic heterocycles. The Hall–Kier alpha value is -3.08. The number of methoxy groups -OCH3 is 1. The summed E-state index contributed by atoms with van der Waals surface area (Å²) in [6.07, 6.45) is 0. The summed E-state index contributed by atoms with van der Waals surface area (Å²) in [5.41, 5.74) is 1.60. The van der Waals surface area contributed by atoms with Crippen molar-refractivity contribution < 1.29 is 14.3 Å². The molecule has 0 saturated heterocycles. The third kappa shape index (κ3) is 2.17. The second-order valence-corrected chi connectivity index (χ2v) is 5.68. The summed E-state index contributed by atoms with van der Waals surface area (Å²) in [5.74, 6) is 0.720. The van der Waals surface area contributed by atoms with Crippen LogP contribution in [0, 0.1) is 0 Å². The summed E-state index contributed by atoms with van der Waals surface area (Å²) in [6.45, 7) is 0.410. The first-order chi connectivity index (χ1) is 11.7. The van der Waals surface area contributed by atoms with Crippen LogP contribution in [-0.2, 0) is 6.54 Å². The molecule has 3 aromatic rings. The van der Waals surface area contributed by atoms with Gasteiger partial charge in [-0.1, -0.05) is 30.3 Å². The molecular formula is C19H15NO4. The number of ketones is 1. The van der Waals surface area contributed by atoms with E-state index in [1.54, 1.807) is 25.3 Å². The van der Waals surface area contributed by atoms with Crippen LogP contribution < -0.4 is 14.9 Å². The number of rotatable bonds is 3. The zero-order chi connectivity index (χ0) is 16.7. The Balaban J connectivity index is 2.04. The minimum absolute atomic E-state index is 0.0905. The standard InChI is InChI=1S/C19H15NO4/c1-23-13-7-8-14-15(9-13)20(10-12-5-3-2-4-6-12)19-17(18(14)22)16(21)11-24-19/h2-9H,10-11H2,1H3. The molecule has 0 fully saturated rings. The van der Waals surface area contributed by atoms with Gasteiger partial charge in [0, 0.05) is 11.5 Å². The maximum absolute atomic E-state index is 12.7. The number of Topliss-reactive ketones (excluding diaryl/α,β-unsaturated/α-hetero) is 1. The summed E-state index contributed by atoms with van der Waals surface area (Å²) in [4.78, 5) is 24.8. The Morgan fingerprint density at radius 2 is 1.92 bits per heavy atom. The molecule has 120 valence electrons. The van der Waals surface area contributed by atoms with E-state index in [1.807, 2.05) is 34.9 Å². The summed E-state index contributed by atoms with van der Waals surface area (Å²) in [6, 6.07) is 15.1. The van der Waals surface area contributed by atoms with E-state index in [0.717, 1.165) is 5.56 Å². The number of hydrogen-bond acceptors (Lipinski definition) is 4. The van der Waals surface area contributed by atoms with Crippen LogP contribution >= 0.6 is 0 Å². The van der Waals surface area contributed by atoms with E-state index in [-0.39, 0.29) is 23.4 Å². The van der Waals surface area contributed by atoms with Crippen molar-refractivity contribution in [2.45, 2.75) is 6.54 Å². The van der Waals surface area contributed by atoms with Crippen molar-refractivity contribution in [3.63, 3.8) is 0 Å². The van der Waals surface area contributed by atoms with Gasteiger partial charge >= 0.3 is 0 Å². The summed E-state index contributed by atoms with van der Waals surface area (Å²) in [5, 5.41) is 0.490. The van der Waals surface area contributed by atoms with Crippen LogP contribution in [0.2, 0.25) is 0 Å². The van der Waals surface area contributed by atoms with Crippen LogP contribution in [0.3, 0.4) is 0 Å². The molecule has 5 heteroatoms. The lowest BCUT2D eigenvalue weighted by Gasteiger charge is -2.16. The van der Waals surface area contributed by atoms with Gasteiger partial charge in [-0.25, -0.2) is 0 Å². The maximum atomic E-state index is 12.7. The van der Waals surface area contributed by atoms with Gasteiger partial charge < -0.3 is 14.0 Å². The molecule has 1 aliphatic heterocycles. The van der Waals surface area contributed by atoms with Gasteiger partial charge in [0.1, 0.15) is 11.3 Å². The van der Waals surface area contributed by atoms with E-state index in [2.05, 4.69) is 0 Å².